The molecule has 0 aliphatic heterocycles. The topological polar surface area (TPSA) is 64.1 Å². The highest BCUT2D eigenvalue weighted by Gasteiger charge is 2.11. The number of nitrogens with one attached hydrogen (secondary N) is 1. The van der Waals surface area contributed by atoms with Crippen molar-refractivity contribution in [3.8, 4) is 16.3 Å². The Hall–Kier alpha value is -2.73. The second-order valence-electron chi connectivity index (χ2n) is 4.96. The Kier molecular flexibility index (Phi) is 4.34. The molecule has 116 valence electrons. The van der Waals surface area contributed by atoms with Crippen molar-refractivity contribution in [3.05, 3.63) is 59.7 Å². The molecule has 1 aromatic heterocycles. The molecule has 0 saturated carbocycles. The van der Waals surface area contributed by atoms with Gasteiger partial charge in [0.15, 0.2) is 0 Å². The fraction of sp³-hybridized carbons (Fsp3) is 0.118. The van der Waals surface area contributed by atoms with Crippen LogP contribution in [0.5, 0.6) is 5.75 Å². The summed E-state index contributed by atoms with van der Waals surface area (Å²) in [7, 11) is 1.59. The molecule has 0 bridgehead atoms. The highest BCUT2D eigenvalue weighted by Crippen LogP contribution is 2.27. The van der Waals surface area contributed by atoms with Gasteiger partial charge in [0.05, 0.1) is 7.11 Å². The van der Waals surface area contributed by atoms with Gasteiger partial charge >= 0.3 is 0 Å². The normalized spacial score (nSPS) is 10.3. The van der Waals surface area contributed by atoms with E-state index in [-0.39, 0.29) is 5.91 Å². The molecule has 0 aliphatic carbocycles. The molecule has 0 saturated heterocycles. The van der Waals surface area contributed by atoms with Crippen molar-refractivity contribution >= 4 is 22.4 Å². The maximum atomic E-state index is 12.2. The minimum absolute atomic E-state index is 0.223. The molecular formula is C17H15N3O2S. The number of aromatic nitrogens is 2. The Morgan fingerprint density at radius 2 is 1.91 bits per heavy atom. The van der Waals surface area contributed by atoms with Gasteiger partial charge in [-0.2, -0.15) is 0 Å². The molecule has 5 nitrogen and oxygen atoms in total. The standard InChI is InChI=1S/C17H15N3O2S/c1-11-4-3-5-13(10-11)16-19-20-17(23-16)18-15(21)12-6-8-14(22-2)9-7-12/h3-10H,1-2H3,(H,18,20,21). The molecule has 23 heavy (non-hydrogen) atoms. The number of rotatable bonds is 4. The summed E-state index contributed by atoms with van der Waals surface area (Å²) in [4.78, 5) is 12.2. The van der Waals surface area contributed by atoms with Crippen LogP contribution < -0.4 is 10.1 Å². The number of nitrogens with zero attached hydrogens (tertiary/aromatic N) is 2. The van der Waals surface area contributed by atoms with Crippen LogP contribution in [0.15, 0.2) is 48.5 Å². The lowest BCUT2D eigenvalue weighted by Gasteiger charge is -2.02. The van der Waals surface area contributed by atoms with Crippen LogP contribution in [-0.2, 0) is 0 Å². The molecule has 0 aliphatic rings. The zero-order valence-electron chi connectivity index (χ0n) is 12.7. The van der Waals surface area contributed by atoms with Crippen molar-refractivity contribution < 1.29 is 9.53 Å². The lowest BCUT2D eigenvalue weighted by molar-refractivity contribution is 0.102. The molecular weight excluding hydrogens is 310 g/mol. The van der Waals surface area contributed by atoms with Gasteiger partial charge in [-0.3, -0.25) is 10.1 Å². The van der Waals surface area contributed by atoms with E-state index in [1.165, 1.54) is 11.3 Å². The summed E-state index contributed by atoms with van der Waals surface area (Å²) < 4.78 is 5.08. The Bertz CT molecular complexity index is 828. The second kappa shape index (κ2) is 6.58. The number of hydrogen-bond donors (Lipinski definition) is 1. The minimum atomic E-state index is -0.223. The number of anilines is 1. The lowest BCUT2D eigenvalue weighted by Crippen LogP contribution is -2.11. The molecule has 1 N–H and O–H groups in total. The number of carbonyl (C=O) groups is 1. The Labute approximate surface area is 138 Å². The van der Waals surface area contributed by atoms with Gasteiger partial charge in [-0.05, 0) is 37.3 Å². The van der Waals surface area contributed by atoms with Crippen LogP contribution in [0.1, 0.15) is 15.9 Å². The average molecular weight is 325 g/mol. The van der Waals surface area contributed by atoms with Crippen LogP contribution in [0.25, 0.3) is 10.6 Å². The lowest BCUT2D eigenvalue weighted by atomic mass is 10.1. The van der Waals surface area contributed by atoms with E-state index in [9.17, 15) is 4.79 Å². The summed E-state index contributed by atoms with van der Waals surface area (Å²) in [5.41, 5.74) is 2.69. The van der Waals surface area contributed by atoms with E-state index in [2.05, 4.69) is 15.5 Å². The fourth-order valence-electron chi connectivity index (χ4n) is 2.08. The van der Waals surface area contributed by atoms with Gasteiger partial charge < -0.3 is 4.74 Å². The SMILES string of the molecule is COc1ccc(C(=O)Nc2nnc(-c3cccc(C)c3)s2)cc1. The number of benzene rings is 2. The molecule has 0 spiro atoms. The van der Waals surface area contributed by atoms with Gasteiger partial charge in [0.25, 0.3) is 5.91 Å². The van der Waals surface area contributed by atoms with Crippen LogP contribution in [0, 0.1) is 6.92 Å². The fourth-order valence-corrected chi connectivity index (χ4v) is 2.82. The molecule has 3 aromatic rings. The molecule has 0 unspecified atom stereocenters. The first-order valence-corrected chi connectivity index (χ1v) is 7.83. The number of carbonyl (C=O) groups excluding carboxylic acids is 1. The number of ether oxygens (including phenoxy) is 1. The molecule has 2 aromatic carbocycles. The Balaban J connectivity index is 1.74. The predicted molar refractivity (Wildman–Crippen MR) is 91.0 cm³/mol. The van der Waals surface area contributed by atoms with Crippen LogP contribution in [0.3, 0.4) is 0 Å². The first-order valence-electron chi connectivity index (χ1n) is 7.01. The van der Waals surface area contributed by atoms with Crippen LogP contribution >= 0.6 is 11.3 Å². The second-order valence-corrected chi connectivity index (χ2v) is 5.94. The van der Waals surface area contributed by atoms with Crippen LogP contribution in [0.4, 0.5) is 5.13 Å². The van der Waals surface area contributed by atoms with Crippen molar-refractivity contribution in [2.75, 3.05) is 12.4 Å². The summed E-state index contributed by atoms with van der Waals surface area (Å²) in [6.07, 6.45) is 0. The van der Waals surface area contributed by atoms with Gasteiger partial charge in [-0.1, -0.05) is 35.1 Å². The summed E-state index contributed by atoms with van der Waals surface area (Å²) in [5, 5.41) is 12.2. The predicted octanol–water partition coefficient (Wildman–Crippen LogP) is 3.77. The van der Waals surface area contributed by atoms with E-state index >= 15 is 0 Å². The zero-order chi connectivity index (χ0) is 16.2. The quantitative estimate of drug-likeness (QED) is 0.793. The maximum Gasteiger partial charge on any atom is 0.257 e. The van der Waals surface area contributed by atoms with Gasteiger partial charge in [0, 0.05) is 11.1 Å². The van der Waals surface area contributed by atoms with E-state index in [1.54, 1.807) is 31.4 Å². The Morgan fingerprint density at radius 3 is 2.61 bits per heavy atom. The zero-order valence-corrected chi connectivity index (χ0v) is 13.6. The number of amides is 1. The number of aryl methyl sites for hydroxylation is 1. The first-order chi connectivity index (χ1) is 11.2. The highest BCUT2D eigenvalue weighted by atomic mass is 32.1. The van der Waals surface area contributed by atoms with Crippen LogP contribution in [0.2, 0.25) is 0 Å². The molecule has 3 rings (SSSR count). The van der Waals surface area contributed by atoms with E-state index in [1.807, 2.05) is 31.2 Å². The van der Waals surface area contributed by atoms with Gasteiger partial charge in [0.1, 0.15) is 10.8 Å². The highest BCUT2D eigenvalue weighted by molar-refractivity contribution is 7.18. The van der Waals surface area contributed by atoms with Crippen molar-refractivity contribution in [3.63, 3.8) is 0 Å². The average Bonchev–Trinajstić information content (AvgIpc) is 3.03. The largest absolute Gasteiger partial charge is 0.497 e. The number of methoxy groups -OCH3 is 1. The minimum Gasteiger partial charge on any atom is -0.497 e. The van der Waals surface area contributed by atoms with E-state index < -0.39 is 0 Å². The van der Waals surface area contributed by atoms with Crippen molar-refractivity contribution in [2.24, 2.45) is 0 Å². The van der Waals surface area contributed by atoms with Gasteiger partial charge in [-0.25, -0.2) is 0 Å². The van der Waals surface area contributed by atoms with Gasteiger partial charge in [0.2, 0.25) is 5.13 Å². The van der Waals surface area contributed by atoms with Gasteiger partial charge in [-0.15, -0.1) is 10.2 Å². The Morgan fingerprint density at radius 1 is 1.13 bits per heavy atom. The molecule has 1 amide bonds. The molecule has 6 heteroatoms. The first kappa shape index (κ1) is 15.2. The van der Waals surface area contributed by atoms with Crippen molar-refractivity contribution in [1.29, 1.82) is 0 Å². The molecule has 0 fully saturated rings. The van der Waals surface area contributed by atoms with E-state index in [0.29, 0.717) is 16.4 Å². The summed E-state index contributed by atoms with van der Waals surface area (Å²) in [5.74, 6) is 0.485. The maximum absolute atomic E-state index is 12.2. The summed E-state index contributed by atoms with van der Waals surface area (Å²) in [6, 6.07) is 14.9. The summed E-state index contributed by atoms with van der Waals surface area (Å²) >= 11 is 1.35. The monoisotopic (exact) mass is 325 g/mol. The third kappa shape index (κ3) is 3.54. The molecule has 0 atom stereocenters. The smallest absolute Gasteiger partial charge is 0.257 e. The van der Waals surface area contributed by atoms with E-state index in [4.69, 9.17) is 4.74 Å². The summed E-state index contributed by atoms with van der Waals surface area (Å²) in [6.45, 7) is 2.02. The third-order valence-electron chi connectivity index (χ3n) is 3.26. The molecule has 1 heterocycles. The van der Waals surface area contributed by atoms with Crippen molar-refractivity contribution in [2.45, 2.75) is 6.92 Å². The number of hydrogen-bond acceptors (Lipinski definition) is 5. The molecule has 0 radical (unpaired) electrons. The van der Waals surface area contributed by atoms with Crippen molar-refractivity contribution in [1.82, 2.24) is 10.2 Å². The third-order valence-corrected chi connectivity index (χ3v) is 4.15. The van der Waals surface area contributed by atoms with Crippen LogP contribution in [-0.4, -0.2) is 23.2 Å². The van der Waals surface area contributed by atoms with E-state index in [0.717, 1.165) is 16.1 Å².